The van der Waals surface area contributed by atoms with E-state index in [9.17, 15) is 12.8 Å². The van der Waals surface area contributed by atoms with Crippen LogP contribution >= 0.6 is 0 Å². The molecule has 0 radical (unpaired) electrons. The van der Waals surface area contributed by atoms with Crippen molar-refractivity contribution in [1.82, 2.24) is 14.6 Å². The molecule has 1 aromatic heterocycles. The van der Waals surface area contributed by atoms with Crippen molar-refractivity contribution in [3.05, 3.63) is 24.3 Å². The highest BCUT2D eigenvalue weighted by atomic mass is 32.2. The molecule has 1 N–H and O–H groups in total. The normalized spacial score (nSPS) is 28.3. The maximum absolute atomic E-state index is 13.1. The molecular weight excluding hydrogens is 269 g/mol. The predicted molar refractivity (Wildman–Crippen MR) is 67.5 cm³/mol. The van der Waals surface area contributed by atoms with E-state index in [0.29, 0.717) is 19.0 Å². The van der Waals surface area contributed by atoms with Crippen molar-refractivity contribution >= 4 is 10.0 Å². The number of piperidine rings is 1. The standard InChI is InChI=1S/C12H16FN3O2S/c13-10-4-11(6-14-5-10)19(17,18)16-7-9-2-1-3-15-12(9)8-16/h4-6,9,12,15H,1-3,7-8H2/t9-,12+/m0/s1. The first-order valence-electron chi connectivity index (χ1n) is 6.41. The van der Waals surface area contributed by atoms with Gasteiger partial charge < -0.3 is 5.32 Å². The zero-order chi connectivity index (χ0) is 13.5. The van der Waals surface area contributed by atoms with E-state index in [-0.39, 0.29) is 10.9 Å². The largest absolute Gasteiger partial charge is 0.312 e. The van der Waals surface area contributed by atoms with Crippen molar-refractivity contribution in [3.63, 3.8) is 0 Å². The Hall–Kier alpha value is -1.05. The number of nitrogens with one attached hydrogen (secondary N) is 1. The molecular formula is C12H16FN3O2S. The third-order valence-corrected chi connectivity index (χ3v) is 5.68. The summed E-state index contributed by atoms with van der Waals surface area (Å²) in [5.74, 6) is -0.263. The summed E-state index contributed by atoms with van der Waals surface area (Å²) < 4.78 is 39.4. The predicted octanol–water partition coefficient (Wildman–Crippen LogP) is 0.593. The second-order valence-corrected chi connectivity index (χ2v) is 7.06. The molecule has 0 amide bonds. The van der Waals surface area contributed by atoms with Gasteiger partial charge in [0.05, 0.1) is 6.20 Å². The Balaban J connectivity index is 1.85. The fourth-order valence-electron chi connectivity index (χ4n) is 2.89. The zero-order valence-corrected chi connectivity index (χ0v) is 11.2. The van der Waals surface area contributed by atoms with Crippen molar-refractivity contribution in [2.75, 3.05) is 19.6 Å². The Morgan fingerprint density at radius 1 is 1.37 bits per heavy atom. The number of pyridine rings is 1. The highest BCUT2D eigenvalue weighted by molar-refractivity contribution is 7.89. The SMILES string of the molecule is O=S(=O)(c1cncc(F)c1)N1C[C@@H]2CCCN[C@@H]2C1. The van der Waals surface area contributed by atoms with Gasteiger partial charge in [-0.3, -0.25) is 4.98 Å². The number of nitrogens with zero attached hydrogens (tertiary/aromatic N) is 2. The van der Waals surface area contributed by atoms with Crippen molar-refractivity contribution in [2.24, 2.45) is 5.92 Å². The lowest BCUT2D eigenvalue weighted by molar-refractivity contribution is 0.339. The van der Waals surface area contributed by atoms with E-state index >= 15 is 0 Å². The fourth-order valence-corrected chi connectivity index (χ4v) is 4.38. The molecule has 0 spiro atoms. The van der Waals surface area contributed by atoms with Gasteiger partial charge in [-0.2, -0.15) is 4.31 Å². The Morgan fingerprint density at radius 2 is 2.21 bits per heavy atom. The molecule has 104 valence electrons. The van der Waals surface area contributed by atoms with Crippen LogP contribution in [0.4, 0.5) is 4.39 Å². The second kappa shape index (κ2) is 4.81. The van der Waals surface area contributed by atoms with Crippen molar-refractivity contribution < 1.29 is 12.8 Å². The van der Waals surface area contributed by atoms with Gasteiger partial charge in [0, 0.05) is 25.3 Å². The molecule has 5 nitrogen and oxygen atoms in total. The summed E-state index contributed by atoms with van der Waals surface area (Å²) in [6.07, 6.45) is 4.33. The van der Waals surface area contributed by atoms with Crippen LogP contribution in [-0.2, 0) is 10.0 Å². The van der Waals surface area contributed by atoms with Crippen molar-refractivity contribution in [3.8, 4) is 0 Å². The van der Waals surface area contributed by atoms with Crippen LogP contribution in [0.5, 0.6) is 0 Å². The van der Waals surface area contributed by atoms with Crippen LogP contribution in [0.15, 0.2) is 23.4 Å². The van der Waals surface area contributed by atoms with Gasteiger partial charge in [-0.15, -0.1) is 0 Å². The highest BCUT2D eigenvalue weighted by Crippen LogP contribution is 2.29. The summed E-state index contributed by atoms with van der Waals surface area (Å²) in [5.41, 5.74) is 0. The van der Waals surface area contributed by atoms with E-state index in [1.54, 1.807) is 0 Å². The summed E-state index contributed by atoms with van der Waals surface area (Å²) in [6.45, 7) is 1.91. The third-order valence-electron chi connectivity index (χ3n) is 3.88. The van der Waals surface area contributed by atoms with Gasteiger partial charge in [-0.05, 0) is 31.4 Å². The van der Waals surface area contributed by atoms with Gasteiger partial charge in [0.15, 0.2) is 0 Å². The van der Waals surface area contributed by atoms with Crippen LogP contribution in [0.25, 0.3) is 0 Å². The molecule has 0 aliphatic carbocycles. The molecule has 2 atom stereocenters. The van der Waals surface area contributed by atoms with Crippen LogP contribution in [0.2, 0.25) is 0 Å². The number of hydrogen-bond donors (Lipinski definition) is 1. The molecule has 3 heterocycles. The van der Waals surface area contributed by atoms with Crippen LogP contribution in [-0.4, -0.2) is 43.4 Å². The molecule has 7 heteroatoms. The molecule has 2 fully saturated rings. The number of fused-ring (bicyclic) bond motifs is 1. The van der Waals surface area contributed by atoms with Crippen LogP contribution in [0, 0.1) is 11.7 Å². The Kier molecular flexibility index (Phi) is 3.28. The fraction of sp³-hybridized carbons (Fsp3) is 0.583. The van der Waals surface area contributed by atoms with Gasteiger partial charge in [-0.25, -0.2) is 12.8 Å². The molecule has 0 aromatic carbocycles. The molecule has 0 saturated carbocycles. The Bertz CT molecular complexity index is 564. The smallest absolute Gasteiger partial charge is 0.244 e. The monoisotopic (exact) mass is 285 g/mol. The Morgan fingerprint density at radius 3 is 2.95 bits per heavy atom. The number of hydrogen-bond acceptors (Lipinski definition) is 4. The lowest BCUT2D eigenvalue weighted by Gasteiger charge is -2.24. The van der Waals surface area contributed by atoms with E-state index in [1.807, 2.05) is 0 Å². The molecule has 1 aromatic rings. The maximum atomic E-state index is 13.1. The zero-order valence-electron chi connectivity index (χ0n) is 10.4. The Labute approximate surface area is 111 Å². The van der Waals surface area contributed by atoms with Crippen LogP contribution < -0.4 is 5.32 Å². The van der Waals surface area contributed by atoms with Crippen molar-refractivity contribution in [2.45, 2.75) is 23.8 Å². The van der Waals surface area contributed by atoms with Gasteiger partial charge in [0.2, 0.25) is 10.0 Å². The highest BCUT2D eigenvalue weighted by Gasteiger charge is 2.40. The lowest BCUT2D eigenvalue weighted by atomic mass is 9.94. The summed E-state index contributed by atoms with van der Waals surface area (Å²) >= 11 is 0. The molecule has 0 bridgehead atoms. The number of rotatable bonds is 2. The number of aromatic nitrogens is 1. The first-order valence-corrected chi connectivity index (χ1v) is 7.85. The molecule has 2 aliphatic heterocycles. The maximum Gasteiger partial charge on any atom is 0.244 e. The van der Waals surface area contributed by atoms with E-state index in [1.165, 1.54) is 10.5 Å². The van der Waals surface area contributed by atoms with Gasteiger partial charge in [0.25, 0.3) is 0 Å². The summed E-state index contributed by atoms with van der Waals surface area (Å²) in [7, 11) is -3.63. The van der Waals surface area contributed by atoms with Gasteiger partial charge in [-0.1, -0.05) is 0 Å². The minimum atomic E-state index is -3.63. The van der Waals surface area contributed by atoms with E-state index < -0.39 is 15.8 Å². The molecule has 3 rings (SSSR count). The van der Waals surface area contributed by atoms with E-state index in [0.717, 1.165) is 31.6 Å². The average Bonchev–Trinajstić information content (AvgIpc) is 2.83. The quantitative estimate of drug-likeness (QED) is 0.864. The van der Waals surface area contributed by atoms with E-state index in [2.05, 4.69) is 10.3 Å². The molecule has 0 unspecified atom stereocenters. The third kappa shape index (κ3) is 2.37. The molecule has 2 aliphatic rings. The van der Waals surface area contributed by atoms with Gasteiger partial charge in [0.1, 0.15) is 10.7 Å². The summed E-state index contributed by atoms with van der Waals surface area (Å²) in [4.78, 5) is 3.55. The molecule has 19 heavy (non-hydrogen) atoms. The number of sulfonamides is 1. The van der Waals surface area contributed by atoms with Crippen LogP contribution in [0.1, 0.15) is 12.8 Å². The van der Waals surface area contributed by atoms with E-state index in [4.69, 9.17) is 0 Å². The summed E-state index contributed by atoms with van der Waals surface area (Å²) in [5, 5.41) is 3.35. The van der Waals surface area contributed by atoms with Gasteiger partial charge >= 0.3 is 0 Å². The van der Waals surface area contributed by atoms with Crippen LogP contribution in [0.3, 0.4) is 0 Å². The average molecular weight is 285 g/mol. The number of halogens is 1. The topological polar surface area (TPSA) is 62.3 Å². The lowest BCUT2D eigenvalue weighted by Crippen LogP contribution is -2.41. The minimum absolute atomic E-state index is 0.0638. The minimum Gasteiger partial charge on any atom is -0.312 e. The first-order chi connectivity index (χ1) is 9.07. The molecule has 2 saturated heterocycles. The second-order valence-electron chi connectivity index (χ2n) is 5.12. The summed E-state index contributed by atoms with van der Waals surface area (Å²) in [6, 6.07) is 1.25. The van der Waals surface area contributed by atoms with Crippen molar-refractivity contribution in [1.29, 1.82) is 0 Å². The first kappa shape index (κ1) is 13.0.